The van der Waals surface area contributed by atoms with Crippen LogP contribution in [0, 0.1) is 11.7 Å². The molecule has 0 aromatic heterocycles. The van der Waals surface area contributed by atoms with Gasteiger partial charge in [-0.2, -0.15) is 0 Å². The van der Waals surface area contributed by atoms with E-state index in [-0.39, 0.29) is 5.82 Å². The van der Waals surface area contributed by atoms with Gasteiger partial charge in [0.05, 0.1) is 5.69 Å². The van der Waals surface area contributed by atoms with Crippen molar-refractivity contribution in [3.8, 4) is 0 Å². The molecule has 0 fully saturated rings. The van der Waals surface area contributed by atoms with Crippen LogP contribution in [0.15, 0.2) is 24.3 Å². The Bertz CT molecular complexity index is 471. The highest BCUT2D eigenvalue weighted by Crippen LogP contribution is 2.25. The fourth-order valence-electron chi connectivity index (χ4n) is 1.92. The highest BCUT2D eigenvalue weighted by Gasteiger charge is 2.13. The summed E-state index contributed by atoms with van der Waals surface area (Å²) < 4.78 is 14.0. The predicted octanol–water partition coefficient (Wildman–Crippen LogP) is 3.41. The molecule has 1 atom stereocenters. The molecule has 19 heavy (non-hydrogen) atoms. The van der Waals surface area contributed by atoms with Crippen LogP contribution < -0.4 is 4.90 Å². The quantitative estimate of drug-likeness (QED) is 0.801. The standard InChI is InChI=1S/C15H20FNO2/c1-4-11(2)10-17(3)15-12(8-9-14(18)19)6-5-7-13(15)16/h5-9,11H,4,10H2,1-3H3,(H,18,19)/b9-8+. The predicted molar refractivity (Wildman–Crippen MR) is 75.8 cm³/mol. The Hall–Kier alpha value is -1.84. The number of rotatable bonds is 6. The van der Waals surface area contributed by atoms with Crippen LogP contribution in [0.1, 0.15) is 25.8 Å². The third-order valence-corrected chi connectivity index (χ3v) is 3.09. The molecular weight excluding hydrogens is 245 g/mol. The molecule has 0 heterocycles. The van der Waals surface area contributed by atoms with Gasteiger partial charge >= 0.3 is 5.97 Å². The maximum absolute atomic E-state index is 14.0. The van der Waals surface area contributed by atoms with Crippen molar-refractivity contribution in [3.63, 3.8) is 0 Å². The molecule has 0 aliphatic heterocycles. The zero-order valence-electron chi connectivity index (χ0n) is 11.6. The first kappa shape index (κ1) is 15.2. The van der Waals surface area contributed by atoms with E-state index in [0.29, 0.717) is 17.2 Å². The summed E-state index contributed by atoms with van der Waals surface area (Å²) in [5.41, 5.74) is 1.02. The van der Waals surface area contributed by atoms with Crippen LogP contribution in [0.4, 0.5) is 10.1 Å². The number of hydrogen-bond acceptors (Lipinski definition) is 2. The summed E-state index contributed by atoms with van der Waals surface area (Å²) in [6.07, 6.45) is 3.46. The van der Waals surface area contributed by atoms with Crippen molar-refractivity contribution in [2.75, 3.05) is 18.5 Å². The lowest BCUT2D eigenvalue weighted by Crippen LogP contribution is -2.25. The van der Waals surface area contributed by atoms with Crippen LogP contribution in [-0.2, 0) is 4.79 Å². The van der Waals surface area contributed by atoms with Gasteiger partial charge in [0, 0.05) is 25.2 Å². The second-order valence-corrected chi connectivity index (χ2v) is 4.74. The number of para-hydroxylation sites is 1. The minimum Gasteiger partial charge on any atom is -0.478 e. The molecule has 0 saturated heterocycles. The maximum Gasteiger partial charge on any atom is 0.328 e. The molecule has 0 aliphatic rings. The van der Waals surface area contributed by atoms with Crippen molar-refractivity contribution in [2.24, 2.45) is 5.92 Å². The number of hydrogen-bond donors (Lipinski definition) is 1. The second kappa shape index (κ2) is 6.92. The molecule has 1 aromatic carbocycles. The normalized spacial score (nSPS) is 12.6. The van der Waals surface area contributed by atoms with Gasteiger partial charge in [-0.1, -0.05) is 32.4 Å². The average Bonchev–Trinajstić information content (AvgIpc) is 2.35. The van der Waals surface area contributed by atoms with E-state index in [1.54, 1.807) is 12.1 Å². The maximum atomic E-state index is 14.0. The SMILES string of the molecule is CCC(C)CN(C)c1c(F)cccc1/C=C/C(=O)O. The van der Waals surface area contributed by atoms with Crippen LogP contribution in [0.3, 0.4) is 0 Å². The van der Waals surface area contributed by atoms with Gasteiger partial charge in [0.25, 0.3) is 0 Å². The smallest absolute Gasteiger partial charge is 0.328 e. The third kappa shape index (κ3) is 4.39. The lowest BCUT2D eigenvalue weighted by atomic mass is 10.1. The van der Waals surface area contributed by atoms with Crippen LogP contribution in [-0.4, -0.2) is 24.7 Å². The summed E-state index contributed by atoms with van der Waals surface area (Å²) in [4.78, 5) is 12.4. The lowest BCUT2D eigenvalue weighted by molar-refractivity contribution is -0.131. The average molecular weight is 265 g/mol. The van der Waals surface area contributed by atoms with Gasteiger partial charge in [0.1, 0.15) is 5.82 Å². The number of anilines is 1. The monoisotopic (exact) mass is 265 g/mol. The van der Waals surface area contributed by atoms with Crippen LogP contribution >= 0.6 is 0 Å². The lowest BCUT2D eigenvalue weighted by Gasteiger charge is -2.25. The number of carboxylic acids is 1. The number of carbonyl (C=O) groups is 1. The molecule has 1 N–H and O–H groups in total. The molecule has 3 nitrogen and oxygen atoms in total. The van der Waals surface area contributed by atoms with E-state index in [9.17, 15) is 9.18 Å². The summed E-state index contributed by atoms with van der Waals surface area (Å²) in [5.74, 6) is -0.931. The Morgan fingerprint density at radius 3 is 2.79 bits per heavy atom. The van der Waals surface area contributed by atoms with Crippen molar-refractivity contribution in [2.45, 2.75) is 20.3 Å². The van der Waals surface area contributed by atoms with Gasteiger partial charge < -0.3 is 10.0 Å². The Balaban J connectivity index is 3.06. The Labute approximate surface area is 113 Å². The minimum atomic E-state index is -1.04. The van der Waals surface area contributed by atoms with Gasteiger partial charge in [0.2, 0.25) is 0 Å². The summed E-state index contributed by atoms with van der Waals surface area (Å²) in [5, 5.41) is 8.66. The first-order valence-corrected chi connectivity index (χ1v) is 6.36. The van der Waals surface area contributed by atoms with Crippen molar-refractivity contribution in [1.29, 1.82) is 0 Å². The number of benzene rings is 1. The molecule has 0 spiro atoms. The molecule has 0 radical (unpaired) electrons. The van der Waals surface area contributed by atoms with Crippen molar-refractivity contribution in [1.82, 2.24) is 0 Å². The summed E-state index contributed by atoms with van der Waals surface area (Å²) in [6.45, 7) is 4.92. The molecule has 0 saturated carbocycles. The van der Waals surface area contributed by atoms with Gasteiger partial charge in [-0.05, 0) is 18.1 Å². The van der Waals surface area contributed by atoms with Crippen molar-refractivity contribution >= 4 is 17.7 Å². The molecule has 104 valence electrons. The van der Waals surface area contributed by atoms with E-state index < -0.39 is 5.97 Å². The third-order valence-electron chi connectivity index (χ3n) is 3.09. The Morgan fingerprint density at radius 2 is 2.21 bits per heavy atom. The highest BCUT2D eigenvalue weighted by molar-refractivity contribution is 5.87. The first-order valence-electron chi connectivity index (χ1n) is 6.36. The van der Waals surface area contributed by atoms with E-state index in [2.05, 4.69) is 13.8 Å². The Kier molecular flexibility index (Phi) is 5.55. The Morgan fingerprint density at radius 1 is 1.53 bits per heavy atom. The highest BCUT2D eigenvalue weighted by atomic mass is 19.1. The van der Waals surface area contributed by atoms with Crippen LogP contribution in [0.25, 0.3) is 6.08 Å². The summed E-state index contributed by atoms with van der Waals surface area (Å²) in [6, 6.07) is 4.68. The summed E-state index contributed by atoms with van der Waals surface area (Å²) in [7, 11) is 1.82. The van der Waals surface area contributed by atoms with Gasteiger partial charge in [0.15, 0.2) is 0 Å². The summed E-state index contributed by atoms with van der Waals surface area (Å²) >= 11 is 0. The largest absolute Gasteiger partial charge is 0.478 e. The van der Waals surface area contributed by atoms with Gasteiger partial charge in [-0.15, -0.1) is 0 Å². The number of halogens is 1. The zero-order valence-corrected chi connectivity index (χ0v) is 11.6. The molecule has 1 unspecified atom stereocenters. The molecule has 4 heteroatoms. The van der Waals surface area contributed by atoms with Crippen LogP contribution in [0.2, 0.25) is 0 Å². The van der Waals surface area contributed by atoms with E-state index in [0.717, 1.165) is 19.0 Å². The van der Waals surface area contributed by atoms with E-state index in [4.69, 9.17) is 5.11 Å². The molecule has 0 bridgehead atoms. The first-order chi connectivity index (χ1) is 8.95. The second-order valence-electron chi connectivity index (χ2n) is 4.74. The van der Waals surface area contributed by atoms with Crippen molar-refractivity contribution < 1.29 is 14.3 Å². The fourth-order valence-corrected chi connectivity index (χ4v) is 1.92. The van der Waals surface area contributed by atoms with Gasteiger partial charge in [-0.3, -0.25) is 0 Å². The van der Waals surface area contributed by atoms with E-state index in [1.165, 1.54) is 12.1 Å². The van der Waals surface area contributed by atoms with Crippen molar-refractivity contribution in [3.05, 3.63) is 35.7 Å². The topological polar surface area (TPSA) is 40.5 Å². The molecule has 1 rings (SSSR count). The zero-order chi connectivity index (χ0) is 14.4. The molecule has 0 amide bonds. The number of nitrogens with zero attached hydrogens (tertiary/aromatic N) is 1. The van der Waals surface area contributed by atoms with E-state index >= 15 is 0 Å². The number of carboxylic acid groups (broad SMARTS) is 1. The molecular formula is C15H20FNO2. The van der Waals surface area contributed by atoms with Gasteiger partial charge in [-0.25, -0.2) is 9.18 Å². The molecule has 1 aromatic rings. The molecule has 0 aliphatic carbocycles. The minimum absolute atomic E-state index is 0.335. The van der Waals surface area contributed by atoms with Crippen LogP contribution in [0.5, 0.6) is 0 Å². The fraction of sp³-hybridized carbons (Fsp3) is 0.400. The van der Waals surface area contributed by atoms with E-state index in [1.807, 2.05) is 11.9 Å². The number of aliphatic carboxylic acids is 1.